The molecule has 2 aromatic heterocycles. The second-order valence-electron chi connectivity index (χ2n) is 4.35. The molecule has 110 valence electrons. The molecule has 22 heavy (non-hydrogen) atoms. The van der Waals surface area contributed by atoms with Crippen LogP contribution in [-0.2, 0) is 0 Å². The molecule has 0 aliphatic rings. The highest BCUT2D eigenvalue weighted by atomic mass is 79.9. The van der Waals surface area contributed by atoms with E-state index in [0.717, 1.165) is 10.5 Å². The Morgan fingerprint density at radius 2 is 2.00 bits per heavy atom. The van der Waals surface area contributed by atoms with Gasteiger partial charge in [-0.3, -0.25) is 4.98 Å². The van der Waals surface area contributed by atoms with Crippen LogP contribution in [0, 0.1) is 5.82 Å². The van der Waals surface area contributed by atoms with E-state index in [1.807, 2.05) is 0 Å². The van der Waals surface area contributed by atoms with E-state index in [0.29, 0.717) is 11.0 Å². The van der Waals surface area contributed by atoms with Crippen LogP contribution in [0.5, 0.6) is 5.88 Å². The van der Waals surface area contributed by atoms with Gasteiger partial charge in [-0.15, -0.1) is 0 Å². The second kappa shape index (κ2) is 5.98. The predicted octanol–water partition coefficient (Wildman–Crippen LogP) is 4.40. The average molecular weight is 382 g/mol. The summed E-state index contributed by atoms with van der Waals surface area (Å²) in [7, 11) is 0. The summed E-state index contributed by atoms with van der Waals surface area (Å²) in [5.74, 6) is -1.52. The lowest BCUT2D eigenvalue weighted by Crippen LogP contribution is -2.11. The third-order valence-corrected chi connectivity index (χ3v) is 3.49. The van der Waals surface area contributed by atoms with Crippen LogP contribution in [0.15, 0.2) is 47.1 Å². The first-order valence-electron chi connectivity index (χ1n) is 6.12. The number of pyridine rings is 2. The standard InChI is InChI=1S/C15H7BrClFN2O2/c16-8-5-13-12(19-7-8)3-4-14(20-13)22-15(21)10-6-9(17)1-2-11(10)18/h1-7H. The molecule has 2 heterocycles. The van der Waals surface area contributed by atoms with Gasteiger partial charge in [-0.2, -0.15) is 0 Å². The minimum atomic E-state index is -0.866. The molecule has 0 amide bonds. The summed E-state index contributed by atoms with van der Waals surface area (Å²) in [4.78, 5) is 20.3. The Labute approximate surface area is 138 Å². The summed E-state index contributed by atoms with van der Waals surface area (Å²) in [6.07, 6.45) is 1.64. The van der Waals surface area contributed by atoms with Gasteiger partial charge in [0.1, 0.15) is 5.82 Å². The van der Waals surface area contributed by atoms with E-state index in [1.165, 1.54) is 18.2 Å². The molecular weight excluding hydrogens is 375 g/mol. The molecule has 0 N–H and O–H groups in total. The highest BCUT2D eigenvalue weighted by Crippen LogP contribution is 2.21. The zero-order chi connectivity index (χ0) is 15.7. The molecule has 0 saturated carbocycles. The van der Waals surface area contributed by atoms with Crippen LogP contribution >= 0.6 is 27.5 Å². The number of fused-ring (bicyclic) bond motifs is 1. The Morgan fingerprint density at radius 3 is 2.82 bits per heavy atom. The van der Waals surface area contributed by atoms with E-state index < -0.39 is 11.8 Å². The van der Waals surface area contributed by atoms with Gasteiger partial charge < -0.3 is 4.74 Å². The van der Waals surface area contributed by atoms with Crippen molar-refractivity contribution in [3.8, 4) is 5.88 Å². The SMILES string of the molecule is O=C(Oc1ccc2ncc(Br)cc2n1)c1cc(Cl)ccc1F. The zero-order valence-electron chi connectivity index (χ0n) is 10.9. The molecule has 0 fully saturated rings. The van der Waals surface area contributed by atoms with Crippen LogP contribution in [0.25, 0.3) is 11.0 Å². The van der Waals surface area contributed by atoms with E-state index in [-0.39, 0.29) is 16.5 Å². The summed E-state index contributed by atoms with van der Waals surface area (Å²) in [6.45, 7) is 0. The quantitative estimate of drug-likeness (QED) is 0.617. The summed E-state index contributed by atoms with van der Waals surface area (Å²) in [5.41, 5.74) is 0.949. The van der Waals surface area contributed by atoms with Gasteiger partial charge in [0.2, 0.25) is 5.88 Å². The largest absolute Gasteiger partial charge is 0.404 e. The monoisotopic (exact) mass is 380 g/mol. The number of esters is 1. The summed E-state index contributed by atoms with van der Waals surface area (Å²) in [5, 5.41) is 0.243. The smallest absolute Gasteiger partial charge is 0.347 e. The maximum Gasteiger partial charge on any atom is 0.347 e. The normalized spacial score (nSPS) is 10.7. The topological polar surface area (TPSA) is 52.1 Å². The van der Waals surface area contributed by atoms with Crippen molar-refractivity contribution in [1.82, 2.24) is 9.97 Å². The molecule has 0 saturated heterocycles. The summed E-state index contributed by atoms with van der Waals surface area (Å²) in [6, 6.07) is 8.55. The number of halogens is 3. The number of aromatic nitrogens is 2. The number of hydrogen-bond donors (Lipinski definition) is 0. The number of ether oxygens (including phenoxy) is 1. The Morgan fingerprint density at radius 1 is 1.18 bits per heavy atom. The molecule has 3 aromatic rings. The fourth-order valence-corrected chi connectivity index (χ4v) is 2.32. The van der Waals surface area contributed by atoms with Gasteiger partial charge in [-0.05, 0) is 46.3 Å². The Bertz CT molecular complexity index is 889. The fraction of sp³-hybridized carbons (Fsp3) is 0. The van der Waals surface area contributed by atoms with Crippen molar-refractivity contribution in [2.75, 3.05) is 0 Å². The lowest BCUT2D eigenvalue weighted by molar-refractivity contribution is 0.0723. The molecular formula is C15H7BrClFN2O2. The maximum atomic E-state index is 13.6. The van der Waals surface area contributed by atoms with E-state index in [1.54, 1.807) is 18.3 Å². The molecule has 0 aliphatic heterocycles. The minimum absolute atomic E-state index is 0.0526. The van der Waals surface area contributed by atoms with Crippen molar-refractivity contribution >= 4 is 44.5 Å². The molecule has 0 unspecified atom stereocenters. The lowest BCUT2D eigenvalue weighted by atomic mass is 10.2. The van der Waals surface area contributed by atoms with E-state index in [2.05, 4.69) is 25.9 Å². The molecule has 0 spiro atoms. The molecule has 0 bridgehead atoms. The van der Waals surface area contributed by atoms with Gasteiger partial charge in [-0.25, -0.2) is 14.2 Å². The van der Waals surface area contributed by atoms with Gasteiger partial charge in [0.05, 0.1) is 16.6 Å². The second-order valence-corrected chi connectivity index (χ2v) is 5.71. The highest BCUT2D eigenvalue weighted by molar-refractivity contribution is 9.10. The molecule has 3 rings (SSSR count). The number of hydrogen-bond acceptors (Lipinski definition) is 4. The van der Waals surface area contributed by atoms with Crippen LogP contribution in [0.1, 0.15) is 10.4 Å². The fourth-order valence-electron chi connectivity index (χ4n) is 1.82. The predicted molar refractivity (Wildman–Crippen MR) is 83.6 cm³/mol. The van der Waals surface area contributed by atoms with Crippen molar-refractivity contribution in [1.29, 1.82) is 0 Å². The molecule has 0 radical (unpaired) electrons. The minimum Gasteiger partial charge on any atom is -0.404 e. The number of carbonyl (C=O) groups excluding carboxylic acids is 1. The number of rotatable bonds is 2. The number of benzene rings is 1. The van der Waals surface area contributed by atoms with Gasteiger partial charge >= 0.3 is 5.97 Å². The summed E-state index contributed by atoms with van der Waals surface area (Å²) < 4.78 is 19.5. The summed E-state index contributed by atoms with van der Waals surface area (Å²) >= 11 is 9.04. The first-order chi connectivity index (χ1) is 10.5. The first-order valence-corrected chi connectivity index (χ1v) is 7.29. The van der Waals surface area contributed by atoms with E-state index in [4.69, 9.17) is 16.3 Å². The lowest BCUT2D eigenvalue weighted by Gasteiger charge is -2.06. The molecule has 0 atom stereocenters. The van der Waals surface area contributed by atoms with Gasteiger partial charge in [0, 0.05) is 21.8 Å². The Balaban J connectivity index is 1.92. The maximum absolute atomic E-state index is 13.6. The molecule has 0 aliphatic carbocycles. The van der Waals surface area contributed by atoms with Gasteiger partial charge in [0.15, 0.2) is 0 Å². The van der Waals surface area contributed by atoms with Gasteiger partial charge in [-0.1, -0.05) is 11.6 Å². The Kier molecular flexibility index (Phi) is 4.04. The number of carbonyl (C=O) groups is 1. The van der Waals surface area contributed by atoms with Crippen LogP contribution in [0.3, 0.4) is 0 Å². The van der Waals surface area contributed by atoms with Crippen molar-refractivity contribution in [3.63, 3.8) is 0 Å². The van der Waals surface area contributed by atoms with Crippen LogP contribution in [0.2, 0.25) is 5.02 Å². The van der Waals surface area contributed by atoms with Gasteiger partial charge in [0.25, 0.3) is 0 Å². The molecule has 1 aromatic carbocycles. The van der Waals surface area contributed by atoms with Crippen molar-refractivity contribution in [2.24, 2.45) is 0 Å². The number of nitrogens with zero attached hydrogens (tertiary/aromatic N) is 2. The van der Waals surface area contributed by atoms with Crippen molar-refractivity contribution < 1.29 is 13.9 Å². The first kappa shape index (κ1) is 14.9. The Hall–Kier alpha value is -2.05. The van der Waals surface area contributed by atoms with Crippen molar-refractivity contribution in [3.05, 3.63) is 63.5 Å². The molecule has 7 heteroatoms. The van der Waals surface area contributed by atoms with E-state index in [9.17, 15) is 9.18 Å². The highest BCUT2D eigenvalue weighted by Gasteiger charge is 2.15. The van der Waals surface area contributed by atoms with Crippen LogP contribution < -0.4 is 4.74 Å². The zero-order valence-corrected chi connectivity index (χ0v) is 13.2. The average Bonchev–Trinajstić information content (AvgIpc) is 2.49. The molecule has 4 nitrogen and oxygen atoms in total. The third-order valence-electron chi connectivity index (χ3n) is 2.82. The third kappa shape index (κ3) is 3.08. The van der Waals surface area contributed by atoms with Crippen LogP contribution in [0.4, 0.5) is 4.39 Å². The van der Waals surface area contributed by atoms with Crippen molar-refractivity contribution in [2.45, 2.75) is 0 Å². The van der Waals surface area contributed by atoms with E-state index >= 15 is 0 Å². The van der Waals surface area contributed by atoms with Crippen LogP contribution in [-0.4, -0.2) is 15.9 Å².